The second-order valence-corrected chi connectivity index (χ2v) is 9.45. The van der Waals surface area contributed by atoms with Crippen LogP contribution in [0, 0.1) is 12.8 Å². The molecule has 0 radical (unpaired) electrons. The molecule has 0 atom stereocenters. The highest BCUT2D eigenvalue weighted by atomic mass is 32.2. The average molecular weight is 472 g/mol. The van der Waals surface area contributed by atoms with Gasteiger partial charge in [0.2, 0.25) is 5.91 Å². The number of methoxy groups -OCH3 is 1. The molecule has 3 aromatic rings. The Hall–Kier alpha value is -2.85. The van der Waals surface area contributed by atoms with E-state index in [1.54, 1.807) is 23.3 Å². The van der Waals surface area contributed by atoms with Crippen LogP contribution >= 0.6 is 23.1 Å². The zero-order valence-corrected chi connectivity index (χ0v) is 19.4. The van der Waals surface area contributed by atoms with E-state index in [1.807, 2.05) is 47.2 Å². The highest BCUT2D eigenvalue weighted by Gasteiger charge is 2.25. The van der Waals surface area contributed by atoms with E-state index >= 15 is 0 Å². The number of carbonyl (C=O) groups excluding carboxylic acids is 2. The van der Waals surface area contributed by atoms with Crippen LogP contribution in [0.3, 0.4) is 0 Å². The van der Waals surface area contributed by atoms with E-state index in [0.29, 0.717) is 42.7 Å². The van der Waals surface area contributed by atoms with Gasteiger partial charge in [0.25, 0.3) is 0 Å². The summed E-state index contributed by atoms with van der Waals surface area (Å²) in [5, 5.41) is 22.4. The number of aromatic nitrogens is 3. The van der Waals surface area contributed by atoms with Crippen LogP contribution in [0.25, 0.3) is 16.4 Å². The summed E-state index contributed by atoms with van der Waals surface area (Å²) in [5.41, 5.74) is 1.88. The van der Waals surface area contributed by atoms with Crippen LogP contribution < -0.4 is 9.84 Å². The first-order valence-corrected chi connectivity index (χ1v) is 12.1. The lowest BCUT2D eigenvalue weighted by atomic mass is 9.97. The van der Waals surface area contributed by atoms with Crippen LogP contribution in [0.5, 0.6) is 5.75 Å². The van der Waals surface area contributed by atoms with E-state index in [0.717, 1.165) is 16.1 Å². The fourth-order valence-corrected chi connectivity index (χ4v) is 5.25. The number of ether oxygens (including phenoxy) is 1. The SMILES string of the molecule is COc1ccc(C)cc1-n1c(SCC(=O)N2CCC(C(=O)[O-])CC2)nnc1-c1cccs1. The number of rotatable bonds is 7. The quantitative estimate of drug-likeness (QED) is 0.488. The minimum Gasteiger partial charge on any atom is -0.550 e. The molecule has 0 aliphatic carbocycles. The molecule has 2 aromatic heterocycles. The fraction of sp³-hybridized carbons (Fsp3) is 0.364. The van der Waals surface area contributed by atoms with Gasteiger partial charge in [-0.05, 0) is 48.9 Å². The summed E-state index contributed by atoms with van der Waals surface area (Å²) in [7, 11) is 1.62. The number of benzene rings is 1. The molecule has 1 aliphatic rings. The third-order valence-electron chi connectivity index (χ3n) is 5.46. The Morgan fingerprint density at radius 1 is 1.25 bits per heavy atom. The molecule has 1 aliphatic heterocycles. The lowest BCUT2D eigenvalue weighted by Gasteiger charge is -2.32. The van der Waals surface area contributed by atoms with Gasteiger partial charge in [-0.15, -0.1) is 21.5 Å². The van der Waals surface area contributed by atoms with Gasteiger partial charge >= 0.3 is 0 Å². The Morgan fingerprint density at radius 3 is 2.69 bits per heavy atom. The van der Waals surface area contributed by atoms with Crippen LogP contribution in [-0.4, -0.2) is 57.5 Å². The smallest absolute Gasteiger partial charge is 0.233 e. The first kappa shape index (κ1) is 22.3. The molecular formula is C22H23N4O4S2-. The van der Waals surface area contributed by atoms with Crippen molar-refractivity contribution in [1.29, 1.82) is 0 Å². The number of likely N-dealkylation sites (tertiary alicyclic amines) is 1. The predicted octanol–water partition coefficient (Wildman–Crippen LogP) is 2.39. The van der Waals surface area contributed by atoms with Crippen molar-refractivity contribution >= 4 is 35.0 Å². The molecule has 1 saturated heterocycles. The first-order valence-electron chi connectivity index (χ1n) is 10.2. The molecule has 1 aromatic carbocycles. The van der Waals surface area contributed by atoms with Crippen LogP contribution in [0.2, 0.25) is 0 Å². The topological polar surface area (TPSA) is 100 Å². The third-order valence-corrected chi connectivity index (χ3v) is 7.24. The molecular weight excluding hydrogens is 448 g/mol. The normalized spacial score (nSPS) is 14.5. The predicted molar refractivity (Wildman–Crippen MR) is 121 cm³/mol. The van der Waals surface area contributed by atoms with Crippen molar-refractivity contribution in [2.45, 2.75) is 24.9 Å². The molecule has 4 rings (SSSR count). The van der Waals surface area contributed by atoms with Gasteiger partial charge in [-0.1, -0.05) is 23.9 Å². The molecule has 0 bridgehead atoms. The Kier molecular flexibility index (Phi) is 6.80. The first-order chi connectivity index (χ1) is 15.5. The maximum Gasteiger partial charge on any atom is 0.233 e. The summed E-state index contributed by atoms with van der Waals surface area (Å²) >= 11 is 2.88. The molecule has 8 nitrogen and oxygen atoms in total. The van der Waals surface area contributed by atoms with Gasteiger partial charge in [0.15, 0.2) is 11.0 Å². The van der Waals surface area contributed by atoms with Gasteiger partial charge in [-0.25, -0.2) is 0 Å². The van der Waals surface area contributed by atoms with Crippen molar-refractivity contribution in [2.24, 2.45) is 5.92 Å². The average Bonchev–Trinajstić information content (AvgIpc) is 3.47. The van der Waals surface area contributed by atoms with Gasteiger partial charge in [-0.2, -0.15) is 0 Å². The minimum atomic E-state index is -1.03. The van der Waals surface area contributed by atoms with Crippen molar-refractivity contribution in [2.75, 3.05) is 26.0 Å². The second kappa shape index (κ2) is 9.74. The highest BCUT2D eigenvalue weighted by molar-refractivity contribution is 7.99. The monoisotopic (exact) mass is 471 g/mol. The van der Waals surface area contributed by atoms with Crippen molar-refractivity contribution in [1.82, 2.24) is 19.7 Å². The Labute approximate surface area is 194 Å². The Balaban J connectivity index is 1.58. The van der Waals surface area contributed by atoms with E-state index in [9.17, 15) is 14.7 Å². The van der Waals surface area contributed by atoms with E-state index < -0.39 is 11.9 Å². The van der Waals surface area contributed by atoms with Gasteiger partial charge in [0.1, 0.15) is 5.75 Å². The summed E-state index contributed by atoms with van der Waals surface area (Å²) in [5.74, 6) is 0.00600. The fourth-order valence-electron chi connectivity index (χ4n) is 3.70. The number of nitrogens with zero attached hydrogens (tertiary/aromatic N) is 4. The van der Waals surface area contributed by atoms with Crippen molar-refractivity contribution in [3.05, 3.63) is 41.3 Å². The minimum absolute atomic E-state index is 0.0461. The zero-order valence-electron chi connectivity index (χ0n) is 17.8. The molecule has 0 N–H and O–H groups in total. The van der Waals surface area contributed by atoms with E-state index in [2.05, 4.69) is 10.2 Å². The van der Waals surface area contributed by atoms with Crippen molar-refractivity contribution in [3.8, 4) is 22.1 Å². The number of piperidine rings is 1. The van der Waals surface area contributed by atoms with Crippen LogP contribution in [0.15, 0.2) is 40.9 Å². The number of aryl methyl sites for hydroxylation is 1. The molecule has 0 spiro atoms. The number of aliphatic carboxylic acids is 1. The lowest BCUT2D eigenvalue weighted by Crippen LogP contribution is -2.44. The standard InChI is InChI=1S/C22H24N4O4S2/c1-14-5-6-17(30-2)16(12-14)26-20(18-4-3-11-31-18)23-24-22(26)32-13-19(27)25-9-7-15(8-10-25)21(28)29/h3-6,11-12,15H,7-10,13H2,1-2H3,(H,28,29)/p-1. The van der Waals surface area contributed by atoms with Gasteiger partial charge in [0.05, 0.1) is 23.4 Å². The number of carbonyl (C=O) groups is 2. The number of carboxylic acid groups (broad SMARTS) is 1. The third kappa shape index (κ3) is 4.66. The lowest BCUT2D eigenvalue weighted by molar-refractivity contribution is -0.312. The van der Waals surface area contributed by atoms with Crippen molar-refractivity contribution in [3.63, 3.8) is 0 Å². The summed E-state index contributed by atoms with van der Waals surface area (Å²) in [6.45, 7) is 2.86. The molecule has 3 heterocycles. The molecule has 168 valence electrons. The molecule has 32 heavy (non-hydrogen) atoms. The summed E-state index contributed by atoms with van der Waals surface area (Å²) in [6.07, 6.45) is 0.857. The van der Waals surface area contributed by atoms with Crippen LogP contribution in [0.1, 0.15) is 18.4 Å². The number of hydrogen-bond acceptors (Lipinski definition) is 8. The summed E-state index contributed by atoms with van der Waals surface area (Å²) < 4.78 is 7.52. The van der Waals surface area contributed by atoms with E-state index in [4.69, 9.17) is 4.74 Å². The molecule has 0 saturated carbocycles. The number of amides is 1. The zero-order chi connectivity index (χ0) is 22.7. The molecule has 10 heteroatoms. The number of thiophene rings is 1. The second-order valence-electron chi connectivity index (χ2n) is 7.56. The van der Waals surface area contributed by atoms with Gasteiger partial charge in [-0.3, -0.25) is 9.36 Å². The molecule has 1 fully saturated rings. The largest absolute Gasteiger partial charge is 0.550 e. The molecule has 0 unspecified atom stereocenters. The van der Waals surface area contributed by atoms with Gasteiger partial charge < -0.3 is 19.5 Å². The Morgan fingerprint density at radius 2 is 2.03 bits per heavy atom. The number of hydrogen-bond donors (Lipinski definition) is 0. The van der Waals surface area contributed by atoms with Crippen molar-refractivity contribution < 1.29 is 19.4 Å². The summed E-state index contributed by atoms with van der Waals surface area (Å²) in [4.78, 5) is 26.5. The number of carboxylic acids is 1. The van der Waals surface area contributed by atoms with Gasteiger partial charge in [0, 0.05) is 25.0 Å². The van der Waals surface area contributed by atoms with E-state index in [1.165, 1.54) is 11.8 Å². The number of thioether (sulfide) groups is 1. The van der Waals surface area contributed by atoms with E-state index in [-0.39, 0.29) is 11.7 Å². The van der Waals surface area contributed by atoms with Crippen LogP contribution in [-0.2, 0) is 9.59 Å². The van der Waals surface area contributed by atoms with Crippen LogP contribution in [0.4, 0.5) is 0 Å². The maximum absolute atomic E-state index is 12.8. The summed E-state index contributed by atoms with van der Waals surface area (Å²) in [6, 6.07) is 9.83. The molecule has 1 amide bonds. The Bertz CT molecular complexity index is 1110. The maximum atomic E-state index is 12.8. The highest BCUT2D eigenvalue weighted by Crippen LogP contribution is 2.34.